The van der Waals surface area contributed by atoms with Crippen LogP contribution in [0, 0.1) is 10.1 Å². The van der Waals surface area contributed by atoms with E-state index in [2.05, 4.69) is 32.6 Å². The molecule has 0 saturated carbocycles. The summed E-state index contributed by atoms with van der Waals surface area (Å²) in [7, 11) is 0. The molecule has 1 aliphatic heterocycles. The van der Waals surface area contributed by atoms with Crippen molar-refractivity contribution >= 4 is 23.0 Å². The maximum absolute atomic E-state index is 12.8. The van der Waals surface area contributed by atoms with E-state index in [1.54, 1.807) is 0 Å². The fourth-order valence-corrected chi connectivity index (χ4v) is 3.63. The summed E-state index contributed by atoms with van der Waals surface area (Å²) in [6.07, 6.45) is -4.63. The molecule has 33 heavy (non-hydrogen) atoms. The van der Waals surface area contributed by atoms with E-state index in [1.807, 2.05) is 18.2 Å². The maximum Gasteiger partial charge on any atom is 0.416 e. The summed E-state index contributed by atoms with van der Waals surface area (Å²) in [6.45, 7) is 4.86. The second-order valence-corrected chi connectivity index (χ2v) is 7.68. The van der Waals surface area contributed by atoms with Gasteiger partial charge in [0.25, 0.3) is 5.69 Å². The number of nitro benzene ring substituents is 1. The van der Waals surface area contributed by atoms with Crippen molar-refractivity contribution in [3.8, 4) is 0 Å². The van der Waals surface area contributed by atoms with Crippen LogP contribution in [0.4, 0.5) is 30.2 Å². The topological polar surface area (TPSA) is 90.7 Å². The Hall–Kier alpha value is -3.34. The zero-order chi connectivity index (χ0) is 23.8. The molecule has 8 nitrogen and oxygen atoms in total. The van der Waals surface area contributed by atoms with Gasteiger partial charge >= 0.3 is 6.18 Å². The first kappa shape index (κ1) is 24.3. The number of anilines is 2. The molecule has 0 spiro atoms. The predicted molar refractivity (Wildman–Crippen MR) is 119 cm³/mol. The highest BCUT2D eigenvalue weighted by Gasteiger charge is 2.33. The summed E-state index contributed by atoms with van der Waals surface area (Å²) in [6, 6.07) is 12.5. The lowest BCUT2D eigenvalue weighted by molar-refractivity contribution is -0.384. The summed E-state index contributed by atoms with van der Waals surface area (Å²) >= 11 is 0. The molecule has 0 unspecified atom stereocenters. The molecule has 1 saturated heterocycles. The molecule has 2 aromatic rings. The van der Waals surface area contributed by atoms with Gasteiger partial charge in [-0.3, -0.25) is 19.8 Å². The van der Waals surface area contributed by atoms with Gasteiger partial charge in [0, 0.05) is 64.0 Å². The Morgan fingerprint density at radius 2 is 1.73 bits per heavy atom. The number of hydrogen-bond acceptors (Lipinski definition) is 6. The average Bonchev–Trinajstić information content (AvgIpc) is 2.79. The Balaban J connectivity index is 1.36. The van der Waals surface area contributed by atoms with Crippen molar-refractivity contribution in [2.24, 2.45) is 0 Å². The van der Waals surface area contributed by atoms with Gasteiger partial charge in [0.05, 0.1) is 10.5 Å². The third-order valence-corrected chi connectivity index (χ3v) is 5.43. The van der Waals surface area contributed by atoms with Crippen LogP contribution in [0.25, 0.3) is 0 Å². The van der Waals surface area contributed by atoms with Crippen LogP contribution in [-0.2, 0) is 11.0 Å². The summed E-state index contributed by atoms with van der Waals surface area (Å²) < 4.78 is 38.3. The van der Waals surface area contributed by atoms with Gasteiger partial charge in [0.1, 0.15) is 5.69 Å². The highest BCUT2D eigenvalue weighted by Crippen LogP contribution is 2.34. The molecule has 0 aliphatic carbocycles. The molecule has 1 heterocycles. The molecule has 1 amide bonds. The van der Waals surface area contributed by atoms with Crippen molar-refractivity contribution in [3.63, 3.8) is 0 Å². The molecule has 0 aromatic heterocycles. The number of rotatable bonds is 9. The van der Waals surface area contributed by atoms with Crippen LogP contribution >= 0.6 is 0 Å². The second-order valence-electron chi connectivity index (χ2n) is 7.68. The quantitative estimate of drug-likeness (QED) is 0.436. The van der Waals surface area contributed by atoms with Crippen LogP contribution in [0.15, 0.2) is 48.5 Å². The van der Waals surface area contributed by atoms with Crippen LogP contribution in [0.2, 0.25) is 0 Å². The number of nitrogens with zero attached hydrogens (tertiary/aromatic N) is 3. The molecule has 0 radical (unpaired) electrons. The normalized spacial score (nSPS) is 14.7. The number of nitro groups is 1. The van der Waals surface area contributed by atoms with Gasteiger partial charge in [-0.15, -0.1) is 0 Å². The van der Waals surface area contributed by atoms with Crippen molar-refractivity contribution < 1.29 is 22.9 Å². The first-order chi connectivity index (χ1) is 15.7. The minimum absolute atomic E-state index is 0.0416. The lowest BCUT2D eigenvalue weighted by Crippen LogP contribution is -2.48. The molecule has 3 rings (SSSR count). The SMILES string of the molecule is O=C(CCNc1ccc(C(F)(F)F)cc1[N+](=O)[O-])NCCN1CCN(c2ccccc2)CC1. The first-order valence-electron chi connectivity index (χ1n) is 10.6. The maximum atomic E-state index is 12.8. The van der Waals surface area contributed by atoms with Gasteiger partial charge in [-0.05, 0) is 24.3 Å². The van der Waals surface area contributed by atoms with Crippen LogP contribution < -0.4 is 15.5 Å². The van der Waals surface area contributed by atoms with E-state index < -0.39 is 22.4 Å². The third-order valence-electron chi connectivity index (χ3n) is 5.43. The number of halogens is 3. The van der Waals surface area contributed by atoms with Gasteiger partial charge in [-0.25, -0.2) is 0 Å². The number of hydrogen-bond donors (Lipinski definition) is 2. The lowest BCUT2D eigenvalue weighted by atomic mass is 10.1. The number of nitrogens with one attached hydrogen (secondary N) is 2. The Morgan fingerprint density at radius 1 is 1.03 bits per heavy atom. The van der Waals surface area contributed by atoms with Gasteiger partial charge in [0.15, 0.2) is 0 Å². The van der Waals surface area contributed by atoms with Crippen LogP contribution in [0.1, 0.15) is 12.0 Å². The monoisotopic (exact) mass is 465 g/mol. The number of carbonyl (C=O) groups is 1. The van der Waals surface area contributed by atoms with E-state index in [0.29, 0.717) is 19.2 Å². The fourth-order valence-electron chi connectivity index (χ4n) is 3.63. The van der Waals surface area contributed by atoms with Gasteiger partial charge in [0.2, 0.25) is 5.91 Å². The van der Waals surface area contributed by atoms with Crippen molar-refractivity contribution in [2.45, 2.75) is 12.6 Å². The van der Waals surface area contributed by atoms with Crippen molar-refractivity contribution in [1.29, 1.82) is 0 Å². The van der Waals surface area contributed by atoms with Gasteiger partial charge in [-0.1, -0.05) is 18.2 Å². The number of carbonyl (C=O) groups excluding carboxylic acids is 1. The van der Waals surface area contributed by atoms with E-state index in [-0.39, 0.29) is 24.6 Å². The molecule has 2 N–H and O–H groups in total. The molecular formula is C22H26F3N5O3. The molecule has 0 bridgehead atoms. The van der Waals surface area contributed by atoms with E-state index in [0.717, 1.165) is 38.3 Å². The van der Waals surface area contributed by atoms with E-state index in [4.69, 9.17) is 0 Å². The first-order valence-corrected chi connectivity index (χ1v) is 10.6. The van der Waals surface area contributed by atoms with E-state index >= 15 is 0 Å². The average molecular weight is 465 g/mol. The number of piperazine rings is 1. The molecule has 2 aromatic carbocycles. The summed E-state index contributed by atoms with van der Waals surface area (Å²) in [5.41, 5.74) is -0.634. The van der Waals surface area contributed by atoms with E-state index in [1.165, 1.54) is 5.69 Å². The molecule has 0 atom stereocenters. The van der Waals surface area contributed by atoms with Gasteiger partial charge < -0.3 is 15.5 Å². The number of benzene rings is 2. The predicted octanol–water partition coefficient (Wildman–Crippen LogP) is 3.35. The van der Waals surface area contributed by atoms with Crippen LogP contribution in [0.3, 0.4) is 0 Å². The minimum Gasteiger partial charge on any atom is -0.379 e. The second kappa shape index (κ2) is 11.0. The van der Waals surface area contributed by atoms with Crippen molar-refractivity contribution in [3.05, 3.63) is 64.2 Å². The lowest BCUT2D eigenvalue weighted by Gasteiger charge is -2.36. The summed E-state index contributed by atoms with van der Waals surface area (Å²) in [5.74, 6) is -0.236. The largest absolute Gasteiger partial charge is 0.416 e. The minimum atomic E-state index is -4.67. The molecule has 178 valence electrons. The zero-order valence-electron chi connectivity index (χ0n) is 18.0. The highest BCUT2D eigenvalue weighted by molar-refractivity contribution is 5.76. The molecule has 11 heteroatoms. The Labute approximate surface area is 189 Å². The third kappa shape index (κ3) is 7.07. The molecule has 1 aliphatic rings. The Bertz CT molecular complexity index is 948. The fraction of sp³-hybridized carbons (Fsp3) is 0.409. The molecular weight excluding hydrogens is 439 g/mol. The smallest absolute Gasteiger partial charge is 0.379 e. The standard InChI is InChI=1S/C22H26F3N5O3/c23-22(24,25)17-6-7-19(20(16-17)30(32)33)26-9-8-21(31)27-10-11-28-12-14-29(15-13-28)18-4-2-1-3-5-18/h1-7,16,26H,8-15H2,(H,27,31). The Morgan fingerprint density at radius 3 is 2.36 bits per heavy atom. The van der Waals surface area contributed by atoms with Crippen molar-refractivity contribution in [2.75, 3.05) is 56.0 Å². The Kier molecular flexibility index (Phi) is 8.10. The van der Waals surface area contributed by atoms with Crippen molar-refractivity contribution in [1.82, 2.24) is 10.2 Å². The molecule has 1 fully saturated rings. The van der Waals surface area contributed by atoms with Gasteiger partial charge in [-0.2, -0.15) is 13.2 Å². The summed E-state index contributed by atoms with van der Waals surface area (Å²) in [5, 5.41) is 16.6. The number of para-hydroxylation sites is 1. The van der Waals surface area contributed by atoms with E-state index in [9.17, 15) is 28.1 Å². The summed E-state index contributed by atoms with van der Waals surface area (Å²) in [4.78, 5) is 26.9. The van der Waals surface area contributed by atoms with Crippen LogP contribution in [-0.4, -0.2) is 61.5 Å². The highest BCUT2D eigenvalue weighted by atomic mass is 19.4. The number of amides is 1. The zero-order valence-corrected chi connectivity index (χ0v) is 18.0. The number of alkyl halides is 3. The van der Waals surface area contributed by atoms with Crippen LogP contribution in [0.5, 0.6) is 0 Å².